The first-order valence-corrected chi connectivity index (χ1v) is 5.56. The lowest BCUT2D eigenvalue weighted by atomic mass is 10.2. The van der Waals surface area contributed by atoms with Crippen LogP contribution in [0.25, 0.3) is 0 Å². The molecule has 1 aromatic heterocycles. The Labute approximate surface area is 104 Å². The van der Waals surface area contributed by atoms with Crippen LogP contribution in [0.4, 0.5) is 4.39 Å². The number of nitrogens with zero attached hydrogens (tertiary/aromatic N) is 1. The number of esters is 1. The molecule has 2 rings (SSSR count). The Morgan fingerprint density at radius 3 is 2.39 bits per heavy atom. The van der Waals surface area contributed by atoms with Gasteiger partial charge in [-0.3, -0.25) is 0 Å². The number of aromatic nitrogens is 1. The third-order valence-corrected chi connectivity index (χ3v) is 2.52. The van der Waals surface area contributed by atoms with Crippen molar-refractivity contribution in [2.45, 2.75) is 6.54 Å². The second kappa shape index (κ2) is 5.91. The van der Waals surface area contributed by atoms with E-state index in [0.717, 1.165) is 6.54 Å². The Morgan fingerprint density at radius 2 is 1.78 bits per heavy atom. The molecule has 0 atom stereocenters. The molecule has 0 aliphatic rings. The van der Waals surface area contributed by atoms with E-state index in [4.69, 9.17) is 0 Å². The lowest BCUT2D eigenvalue weighted by Crippen LogP contribution is -2.33. The SMILES string of the molecule is O=C(OCF)c1cc[n+](Cc2ccccc2)cc1. The van der Waals surface area contributed by atoms with Crippen molar-refractivity contribution < 1.29 is 18.5 Å². The average Bonchev–Trinajstić information content (AvgIpc) is 2.41. The molecule has 0 fully saturated rings. The molecule has 0 spiro atoms. The van der Waals surface area contributed by atoms with Crippen LogP contribution in [0.1, 0.15) is 15.9 Å². The maximum atomic E-state index is 11.8. The van der Waals surface area contributed by atoms with Gasteiger partial charge >= 0.3 is 5.97 Å². The normalized spacial score (nSPS) is 10.1. The summed E-state index contributed by atoms with van der Waals surface area (Å²) in [6, 6.07) is 13.2. The summed E-state index contributed by atoms with van der Waals surface area (Å²) in [5, 5.41) is 0. The lowest BCUT2D eigenvalue weighted by Gasteiger charge is -2.00. The molecule has 0 aliphatic carbocycles. The first-order chi connectivity index (χ1) is 8.79. The standard InChI is InChI=1S/C14H13FNO2/c15-11-18-14(17)13-6-8-16(9-7-13)10-12-4-2-1-3-5-12/h1-9H,10-11H2/q+1. The van der Waals surface area contributed by atoms with Crippen molar-refractivity contribution in [3.05, 3.63) is 66.0 Å². The molecule has 0 amide bonds. The van der Waals surface area contributed by atoms with E-state index >= 15 is 0 Å². The van der Waals surface area contributed by atoms with Crippen LogP contribution in [0.2, 0.25) is 0 Å². The van der Waals surface area contributed by atoms with Crippen molar-refractivity contribution in [1.29, 1.82) is 0 Å². The Hall–Kier alpha value is -2.23. The molecule has 3 nitrogen and oxygen atoms in total. The fourth-order valence-corrected chi connectivity index (χ4v) is 1.63. The van der Waals surface area contributed by atoms with Crippen molar-refractivity contribution in [1.82, 2.24) is 0 Å². The van der Waals surface area contributed by atoms with E-state index in [2.05, 4.69) is 4.74 Å². The van der Waals surface area contributed by atoms with Crippen LogP contribution in [0.5, 0.6) is 0 Å². The molecular formula is C14H13FNO2+. The number of rotatable bonds is 4. The molecular weight excluding hydrogens is 233 g/mol. The molecule has 4 heteroatoms. The molecule has 1 heterocycles. The Morgan fingerprint density at radius 1 is 1.11 bits per heavy atom. The number of benzene rings is 1. The van der Waals surface area contributed by atoms with E-state index in [1.807, 2.05) is 34.9 Å². The summed E-state index contributed by atoms with van der Waals surface area (Å²) >= 11 is 0. The zero-order valence-corrected chi connectivity index (χ0v) is 9.75. The quantitative estimate of drug-likeness (QED) is 0.611. The predicted molar refractivity (Wildman–Crippen MR) is 63.6 cm³/mol. The molecule has 18 heavy (non-hydrogen) atoms. The minimum atomic E-state index is -1.10. The molecule has 0 aliphatic heterocycles. The molecule has 92 valence electrons. The lowest BCUT2D eigenvalue weighted by molar-refractivity contribution is -0.688. The van der Waals surface area contributed by atoms with E-state index in [1.54, 1.807) is 24.5 Å². The van der Waals surface area contributed by atoms with Crippen LogP contribution >= 0.6 is 0 Å². The van der Waals surface area contributed by atoms with Crippen molar-refractivity contribution in [3.8, 4) is 0 Å². The molecule has 0 bridgehead atoms. The largest absolute Gasteiger partial charge is 0.430 e. The van der Waals surface area contributed by atoms with Crippen molar-refractivity contribution >= 4 is 5.97 Å². The van der Waals surface area contributed by atoms with Gasteiger partial charge in [0.2, 0.25) is 6.86 Å². The van der Waals surface area contributed by atoms with Gasteiger partial charge in [-0.15, -0.1) is 0 Å². The van der Waals surface area contributed by atoms with Gasteiger partial charge in [-0.1, -0.05) is 30.3 Å². The molecule has 0 N–H and O–H groups in total. The van der Waals surface area contributed by atoms with Gasteiger partial charge in [-0.2, -0.15) is 0 Å². The van der Waals surface area contributed by atoms with Gasteiger partial charge in [0.25, 0.3) is 0 Å². The summed E-state index contributed by atoms with van der Waals surface area (Å²) in [6.07, 6.45) is 3.53. The van der Waals surface area contributed by atoms with E-state index in [9.17, 15) is 9.18 Å². The summed E-state index contributed by atoms with van der Waals surface area (Å²) < 4.78 is 18.1. The molecule has 1 aromatic carbocycles. The van der Waals surface area contributed by atoms with Gasteiger partial charge in [-0.05, 0) is 0 Å². The van der Waals surface area contributed by atoms with Gasteiger partial charge in [0.05, 0.1) is 5.56 Å². The predicted octanol–water partition coefficient (Wildman–Crippen LogP) is 2.11. The van der Waals surface area contributed by atoms with Crippen LogP contribution in [0, 0.1) is 0 Å². The third-order valence-electron chi connectivity index (χ3n) is 2.52. The van der Waals surface area contributed by atoms with Gasteiger partial charge in [0.15, 0.2) is 18.9 Å². The molecule has 0 unspecified atom stereocenters. The van der Waals surface area contributed by atoms with Gasteiger partial charge in [0, 0.05) is 17.7 Å². The Balaban J connectivity index is 2.06. The fourth-order valence-electron chi connectivity index (χ4n) is 1.63. The number of alkyl halides is 1. The van der Waals surface area contributed by atoms with Crippen LogP contribution in [0.3, 0.4) is 0 Å². The first-order valence-electron chi connectivity index (χ1n) is 5.56. The fraction of sp³-hybridized carbons (Fsp3) is 0.143. The number of halogens is 1. The maximum absolute atomic E-state index is 11.8. The second-order valence-electron chi connectivity index (χ2n) is 3.79. The van der Waals surface area contributed by atoms with Gasteiger partial charge in [0.1, 0.15) is 0 Å². The summed E-state index contributed by atoms with van der Waals surface area (Å²) in [5.41, 5.74) is 1.51. The van der Waals surface area contributed by atoms with Crippen LogP contribution in [-0.4, -0.2) is 12.8 Å². The highest BCUT2D eigenvalue weighted by molar-refractivity contribution is 5.88. The highest BCUT2D eigenvalue weighted by Crippen LogP contribution is 2.01. The highest BCUT2D eigenvalue weighted by atomic mass is 19.1. The molecule has 0 radical (unpaired) electrons. The zero-order chi connectivity index (χ0) is 12.8. The number of hydrogen-bond donors (Lipinski definition) is 0. The summed E-state index contributed by atoms with van der Waals surface area (Å²) in [5.74, 6) is -0.649. The number of carbonyl (C=O) groups excluding carboxylic acids is 1. The maximum Gasteiger partial charge on any atom is 0.340 e. The molecule has 2 aromatic rings. The zero-order valence-electron chi connectivity index (χ0n) is 9.75. The van der Waals surface area contributed by atoms with Crippen molar-refractivity contribution in [3.63, 3.8) is 0 Å². The average molecular weight is 246 g/mol. The van der Waals surface area contributed by atoms with Gasteiger partial charge < -0.3 is 4.74 Å². The monoisotopic (exact) mass is 246 g/mol. The second-order valence-corrected chi connectivity index (χ2v) is 3.79. The molecule has 0 saturated heterocycles. The summed E-state index contributed by atoms with van der Waals surface area (Å²) in [7, 11) is 0. The number of hydrogen-bond acceptors (Lipinski definition) is 2. The smallest absolute Gasteiger partial charge is 0.340 e. The van der Waals surface area contributed by atoms with Crippen molar-refractivity contribution in [2.24, 2.45) is 0 Å². The number of carbonyl (C=O) groups is 1. The topological polar surface area (TPSA) is 30.2 Å². The minimum Gasteiger partial charge on any atom is -0.430 e. The van der Waals surface area contributed by atoms with Gasteiger partial charge in [-0.25, -0.2) is 13.8 Å². The van der Waals surface area contributed by atoms with E-state index < -0.39 is 12.8 Å². The summed E-state index contributed by atoms with van der Waals surface area (Å²) in [6.45, 7) is -0.378. The van der Waals surface area contributed by atoms with Crippen LogP contribution in [0.15, 0.2) is 54.9 Å². The number of ether oxygens (including phenoxy) is 1. The van der Waals surface area contributed by atoms with E-state index in [0.29, 0.717) is 5.56 Å². The first kappa shape index (κ1) is 12.2. The van der Waals surface area contributed by atoms with E-state index in [-0.39, 0.29) is 0 Å². The highest BCUT2D eigenvalue weighted by Gasteiger charge is 2.09. The summed E-state index contributed by atoms with van der Waals surface area (Å²) in [4.78, 5) is 11.2. The van der Waals surface area contributed by atoms with E-state index in [1.165, 1.54) is 5.56 Å². The minimum absolute atomic E-state index is 0.344. The third kappa shape index (κ3) is 3.13. The number of pyridine rings is 1. The Kier molecular flexibility index (Phi) is 4.02. The van der Waals surface area contributed by atoms with Crippen molar-refractivity contribution in [2.75, 3.05) is 6.86 Å². The van der Waals surface area contributed by atoms with Crippen LogP contribution in [-0.2, 0) is 11.3 Å². The molecule has 0 saturated carbocycles. The van der Waals surface area contributed by atoms with Crippen LogP contribution < -0.4 is 4.57 Å². The Bertz CT molecular complexity index is 511.